The van der Waals surface area contributed by atoms with Crippen molar-refractivity contribution in [1.29, 1.82) is 0 Å². The molecule has 4 rings (SSSR count). The Balaban J connectivity index is 1.42. The summed E-state index contributed by atoms with van der Waals surface area (Å²) < 4.78 is 6.40. The maximum Gasteiger partial charge on any atom is 0.243 e. The number of piperidine rings is 1. The second-order valence-electron chi connectivity index (χ2n) is 12.8. The van der Waals surface area contributed by atoms with E-state index < -0.39 is 24.2 Å². The summed E-state index contributed by atoms with van der Waals surface area (Å²) in [5.74, 6) is 0.241. The van der Waals surface area contributed by atoms with Gasteiger partial charge in [-0.15, -0.1) is 0 Å². The summed E-state index contributed by atoms with van der Waals surface area (Å²) in [4.78, 5) is 30.5. The van der Waals surface area contributed by atoms with E-state index in [1.54, 1.807) is 6.08 Å². The van der Waals surface area contributed by atoms with E-state index in [9.17, 15) is 19.8 Å². The number of ether oxygens (including phenoxy) is 1. The van der Waals surface area contributed by atoms with Crippen molar-refractivity contribution < 1.29 is 24.5 Å². The van der Waals surface area contributed by atoms with Gasteiger partial charge in [0, 0.05) is 50.7 Å². The zero-order valence-corrected chi connectivity index (χ0v) is 23.8. The van der Waals surface area contributed by atoms with Crippen LogP contribution >= 0.6 is 0 Å². The summed E-state index contributed by atoms with van der Waals surface area (Å²) in [6.45, 7) is 4.54. The van der Waals surface area contributed by atoms with Crippen LogP contribution in [0.4, 0.5) is 0 Å². The second-order valence-corrected chi connectivity index (χ2v) is 12.8. The average molecular weight is 534 g/mol. The average Bonchev–Trinajstić information content (AvgIpc) is 2.90. The molecule has 4 fully saturated rings. The van der Waals surface area contributed by atoms with Gasteiger partial charge in [0.05, 0.1) is 24.2 Å². The highest BCUT2D eigenvalue weighted by Crippen LogP contribution is 2.39. The zero-order valence-electron chi connectivity index (χ0n) is 23.8. The van der Waals surface area contributed by atoms with Gasteiger partial charge in [0.2, 0.25) is 11.8 Å². The van der Waals surface area contributed by atoms with Gasteiger partial charge in [-0.3, -0.25) is 9.59 Å². The lowest BCUT2D eigenvalue weighted by Gasteiger charge is -2.48. The monoisotopic (exact) mass is 533 g/mol. The van der Waals surface area contributed by atoms with E-state index in [4.69, 9.17) is 4.74 Å². The third kappa shape index (κ3) is 7.38. The minimum absolute atomic E-state index is 0.0510. The molecule has 1 saturated heterocycles. The fourth-order valence-corrected chi connectivity index (χ4v) is 7.39. The number of aliphatic hydroxyl groups is 2. The van der Waals surface area contributed by atoms with E-state index in [1.807, 2.05) is 36.9 Å². The number of carbonyl (C=O) groups is 2. The van der Waals surface area contributed by atoms with Gasteiger partial charge in [0.15, 0.2) is 0 Å². The molecule has 8 nitrogen and oxygen atoms in total. The number of fused-ring (bicyclic) bond motifs is 1. The minimum Gasteiger partial charge on any atom is -0.393 e. The molecule has 4 aliphatic rings. The maximum absolute atomic E-state index is 14.0. The Labute approximate surface area is 229 Å². The van der Waals surface area contributed by atoms with E-state index in [-0.39, 0.29) is 36.1 Å². The first-order valence-corrected chi connectivity index (χ1v) is 15.1. The number of amides is 2. The molecule has 0 aromatic heterocycles. The van der Waals surface area contributed by atoms with Crippen molar-refractivity contribution in [2.75, 3.05) is 40.3 Å². The molecule has 38 heavy (non-hydrogen) atoms. The van der Waals surface area contributed by atoms with Crippen LogP contribution in [0.3, 0.4) is 0 Å². The topological polar surface area (TPSA) is 102 Å². The van der Waals surface area contributed by atoms with Gasteiger partial charge in [-0.1, -0.05) is 38.7 Å². The predicted octanol–water partition coefficient (Wildman–Crippen LogP) is 2.58. The number of hydrogen-bond acceptors (Lipinski definition) is 6. The third-order valence-electron chi connectivity index (χ3n) is 9.70. The normalized spacial score (nSPS) is 36.8. The molecule has 2 amide bonds. The zero-order chi connectivity index (χ0) is 27.2. The van der Waals surface area contributed by atoms with E-state index in [0.717, 1.165) is 38.5 Å². The number of nitrogens with zero attached hydrogens (tertiary/aromatic N) is 2. The van der Waals surface area contributed by atoms with Crippen LogP contribution in [0.25, 0.3) is 0 Å². The quantitative estimate of drug-likeness (QED) is 0.415. The molecule has 0 radical (unpaired) electrons. The SMILES string of the molecule is CC1C(O)CC(O)C(C(=O)N2CCC3CCCC(NC(=O)/C=C/CN(C)C)C3C2)C1OCC1CCCCC1. The van der Waals surface area contributed by atoms with Crippen LogP contribution in [0.15, 0.2) is 12.2 Å². The minimum atomic E-state index is -0.911. The lowest BCUT2D eigenvalue weighted by Crippen LogP contribution is -2.59. The van der Waals surface area contributed by atoms with Gasteiger partial charge >= 0.3 is 0 Å². The Hall–Kier alpha value is -1.48. The number of nitrogens with one attached hydrogen (secondary N) is 1. The Bertz CT molecular complexity index is 814. The summed E-state index contributed by atoms with van der Waals surface area (Å²) in [6.07, 6.45) is 11.7. The highest BCUT2D eigenvalue weighted by atomic mass is 16.5. The van der Waals surface area contributed by atoms with Gasteiger partial charge in [-0.2, -0.15) is 0 Å². The van der Waals surface area contributed by atoms with Crippen LogP contribution < -0.4 is 5.32 Å². The summed E-state index contributed by atoms with van der Waals surface area (Å²) in [6, 6.07) is 0.0521. The molecular formula is C30H51N3O5. The van der Waals surface area contributed by atoms with Gasteiger partial charge in [-0.25, -0.2) is 0 Å². The van der Waals surface area contributed by atoms with E-state index in [1.165, 1.54) is 19.3 Å². The van der Waals surface area contributed by atoms with Crippen LogP contribution in [0.1, 0.15) is 71.1 Å². The smallest absolute Gasteiger partial charge is 0.243 e. The van der Waals surface area contributed by atoms with Crippen molar-refractivity contribution in [1.82, 2.24) is 15.1 Å². The van der Waals surface area contributed by atoms with Crippen LogP contribution in [-0.2, 0) is 14.3 Å². The highest BCUT2D eigenvalue weighted by Gasteiger charge is 2.49. The van der Waals surface area contributed by atoms with Gasteiger partial charge in [0.25, 0.3) is 0 Å². The molecule has 0 aromatic carbocycles. The molecule has 216 valence electrons. The fourth-order valence-electron chi connectivity index (χ4n) is 7.39. The molecule has 8 unspecified atom stereocenters. The first kappa shape index (κ1) is 29.5. The number of rotatable bonds is 8. The van der Waals surface area contributed by atoms with E-state index in [0.29, 0.717) is 38.1 Å². The van der Waals surface area contributed by atoms with Crippen molar-refractivity contribution in [3.63, 3.8) is 0 Å². The lowest BCUT2D eigenvalue weighted by molar-refractivity contribution is -0.172. The van der Waals surface area contributed by atoms with Crippen LogP contribution in [-0.4, -0.2) is 96.5 Å². The van der Waals surface area contributed by atoms with E-state index >= 15 is 0 Å². The molecule has 3 aliphatic carbocycles. The molecular weight excluding hydrogens is 482 g/mol. The fraction of sp³-hybridized carbons (Fsp3) is 0.867. The Morgan fingerprint density at radius 3 is 2.53 bits per heavy atom. The molecule has 1 heterocycles. The Kier molecular flexibility index (Phi) is 10.7. The number of likely N-dealkylation sites (N-methyl/N-ethyl adjacent to an activating group) is 1. The summed E-state index contributed by atoms with van der Waals surface area (Å²) in [7, 11) is 3.94. The van der Waals surface area contributed by atoms with E-state index in [2.05, 4.69) is 5.32 Å². The third-order valence-corrected chi connectivity index (χ3v) is 9.70. The number of carbonyl (C=O) groups excluding carboxylic acids is 2. The Morgan fingerprint density at radius 2 is 1.79 bits per heavy atom. The number of aliphatic hydroxyl groups excluding tert-OH is 2. The van der Waals surface area contributed by atoms with Crippen LogP contribution in [0.5, 0.6) is 0 Å². The number of likely N-dealkylation sites (tertiary alicyclic amines) is 1. The first-order valence-electron chi connectivity index (χ1n) is 15.1. The van der Waals surface area contributed by atoms with Crippen molar-refractivity contribution in [3.05, 3.63) is 12.2 Å². The number of hydrogen-bond donors (Lipinski definition) is 3. The second kappa shape index (κ2) is 13.7. The van der Waals surface area contributed by atoms with Crippen molar-refractivity contribution >= 4 is 11.8 Å². The molecule has 0 spiro atoms. The van der Waals surface area contributed by atoms with Gasteiger partial charge < -0.3 is 30.1 Å². The van der Waals surface area contributed by atoms with Gasteiger partial charge in [-0.05, 0) is 64.0 Å². The molecule has 1 aliphatic heterocycles. The largest absolute Gasteiger partial charge is 0.393 e. The molecule has 3 saturated carbocycles. The summed E-state index contributed by atoms with van der Waals surface area (Å²) in [5.41, 5.74) is 0. The predicted molar refractivity (Wildman–Crippen MR) is 147 cm³/mol. The van der Waals surface area contributed by atoms with Crippen molar-refractivity contribution in [2.45, 2.75) is 95.5 Å². The van der Waals surface area contributed by atoms with Crippen molar-refractivity contribution in [3.8, 4) is 0 Å². The molecule has 0 bridgehead atoms. The molecule has 0 aromatic rings. The molecule has 8 atom stereocenters. The Morgan fingerprint density at radius 1 is 1.03 bits per heavy atom. The standard InChI is InChI=1S/C30H51N3O5/c1-20-25(34)17-26(35)28(29(20)38-19-21-9-5-4-6-10-21)30(37)33-16-14-22-11-7-12-24(23(22)18-33)31-27(36)13-8-15-32(2)3/h8,13,20-26,28-29,34-35H,4-7,9-12,14-19H2,1-3H3,(H,31,36)/b13-8+. The van der Waals surface area contributed by atoms with Crippen LogP contribution in [0, 0.1) is 29.6 Å². The molecule has 3 N–H and O–H groups in total. The first-order chi connectivity index (χ1) is 18.2. The van der Waals surface area contributed by atoms with Gasteiger partial charge in [0.1, 0.15) is 0 Å². The van der Waals surface area contributed by atoms with Crippen molar-refractivity contribution in [2.24, 2.45) is 29.6 Å². The van der Waals surface area contributed by atoms with Crippen LogP contribution in [0.2, 0.25) is 0 Å². The summed E-state index contributed by atoms with van der Waals surface area (Å²) >= 11 is 0. The maximum atomic E-state index is 14.0. The lowest BCUT2D eigenvalue weighted by atomic mass is 9.71. The summed E-state index contributed by atoms with van der Waals surface area (Å²) in [5, 5.41) is 24.9. The highest BCUT2D eigenvalue weighted by molar-refractivity contribution is 5.87. The molecule has 8 heteroatoms.